The molecule has 1 aliphatic heterocycles. The predicted molar refractivity (Wildman–Crippen MR) is 83.8 cm³/mol. The Balaban J connectivity index is 1.97. The van der Waals surface area contributed by atoms with Gasteiger partial charge in [0.2, 0.25) is 0 Å². The standard InChI is InChI=1S/C16H15F2N3O2/c1-19-16-14(21(22)23)5-4-13(15(16)18)20-7-6-10-8-12(17)3-2-11(10)9-20/h2-5,8,19H,6-7,9H2,1H3. The van der Waals surface area contributed by atoms with Crippen molar-refractivity contribution in [3.05, 3.63) is 63.2 Å². The minimum atomic E-state index is -0.646. The van der Waals surface area contributed by atoms with Crippen LogP contribution in [-0.4, -0.2) is 18.5 Å². The Morgan fingerprint density at radius 2 is 2.00 bits per heavy atom. The zero-order valence-electron chi connectivity index (χ0n) is 12.5. The van der Waals surface area contributed by atoms with Crippen molar-refractivity contribution in [2.24, 2.45) is 0 Å². The molecule has 23 heavy (non-hydrogen) atoms. The Kier molecular flexibility index (Phi) is 3.85. The molecule has 0 saturated heterocycles. The number of hydrogen-bond donors (Lipinski definition) is 1. The Labute approximate surface area is 131 Å². The van der Waals surface area contributed by atoms with Crippen LogP contribution in [0.25, 0.3) is 0 Å². The molecule has 3 rings (SSSR count). The van der Waals surface area contributed by atoms with E-state index in [-0.39, 0.29) is 17.2 Å². The van der Waals surface area contributed by atoms with E-state index in [0.29, 0.717) is 25.2 Å². The first-order valence-electron chi connectivity index (χ1n) is 7.18. The lowest BCUT2D eigenvalue weighted by atomic mass is 9.99. The van der Waals surface area contributed by atoms with Gasteiger partial charge in [0.1, 0.15) is 5.82 Å². The smallest absolute Gasteiger partial charge is 0.295 e. The van der Waals surface area contributed by atoms with Crippen LogP contribution in [0.15, 0.2) is 30.3 Å². The van der Waals surface area contributed by atoms with Gasteiger partial charge in [0.15, 0.2) is 11.5 Å². The van der Waals surface area contributed by atoms with Crippen molar-refractivity contribution < 1.29 is 13.7 Å². The first-order chi connectivity index (χ1) is 11.0. The summed E-state index contributed by atoms with van der Waals surface area (Å²) in [4.78, 5) is 12.2. The van der Waals surface area contributed by atoms with E-state index in [2.05, 4.69) is 5.32 Å². The molecular formula is C16H15F2N3O2. The molecule has 0 bridgehead atoms. The number of fused-ring (bicyclic) bond motifs is 1. The van der Waals surface area contributed by atoms with Crippen LogP contribution in [-0.2, 0) is 13.0 Å². The SMILES string of the molecule is CNc1c([N+](=O)[O-])ccc(N2CCc3cc(F)ccc3C2)c1F. The number of anilines is 2. The molecule has 0 aliphatic carbocycles. The molecule has 0 radical (unpaired) electrons. The highest BCUT2D eigenvalue weighted by atomic mass is 19.1. The minimum absolute atomic E-state index is 0.127. The summed E-state index contributed by atoms with van der Waals surface area (Å²) in [5, 5.41) is 13.5. The number of rotatable bonds is 3. The Bertz CT molecular complexity index is 780. The fraction of sp³-hybridized carbons (Fsp3) is 0.250. The second-order valence-electron chi connectivity index (χ2n) is 5.38. The van der Waals surface area contributed by atoms with E-state index in [1.165, 1.54) is 31.3 Å². The summed E-state index contributed by atoms with van der Waals surface area (Å²) in [6, 6.07) is 7.29. The number of hydrogen-bond acceptors (Lipinski definition) is 4. The van der Waals surface area contributed by atoms with Gasteiger partial charge in [0.05, 0.1) is 10.6 Å². The van der Waals surface area contributed by atoms with E-state index in [4.69, 9.17) is 0 Å². The van der Waals surface area contributed by atoms with Gasteiger partial charge in [-0.05, 0) is 35.7 Å². The molecular weight excluding hydrogens is 304 g/mol. The molecule has 120 valence electrons. The molecule has 0 aromatic heterocycles. The lowest BCUT2D eigenvalue weighted by molar-refractivity contribution is -0.384. The molecule has 0 unspecified atom stereocenters. The van der Waals surface area contributed by atoms with E-state index < -0.39 is 10.7 Å². The summed E-state index contributed by atoms with van der Waals surface area (Å²) >= 11 is 0. The normalized spacial score (nSPS) is 13.6. The van der Waals surface area contributed by atoms with Crippen molar-refractivity contribution in [3.8, 4) is 0 Å². The van der Waals surface area contributed by atoms with Crippen LogP contribution in [0.1, 0.15) is 11.1 Å². The topological polar surface area (TPSA) is 58.4 Å². The third kappa shape index (κ3) is 2.69. The van der Waals surface area contributed by atoms with Crippen LogP contribution < -0.4 is 10.2 Å². The highest BCUT2D eigenvalue weighted by molar-refractivity contribution is 5.70. The van der Waals surface area contributed by atoms with Crippen molar-refractivity contribution in [1.29, 1.82) is 0 Å². The summed E-state index contributed by atoms with van der Waals surface area (Å²) < 4.78 is 27.9. The average Bonchev–Trinajstić information content (AvgIpc) is 2.54. The van der Waals surface area contributed by atoms with Gasteiger partial charge in [-0.25, -0.2) is 8.78 Å². The highest BCUT2D eigenvalue weighted by Gasteiger charge is 2.25. The largest absolute Gasteiger partial charge is 0.380 e. The van der Waals surface area contributed by atoms with Gasteiger partial charge in [-0.1, -0.05) is 6.07 Å². The van der Waals surface area contributed by atoms with Crippen molar-refractivity contribution >= 4 is 17.1 Å². The molecule has 2 aromatic rings. The fourth-order valence-corrected chi connectivity index (χ4v) is 2.92. The number of nitrogens with zero attached hydrogens (tertiary/aromatic N) is 2. The van der Waals surface area contributed by atoms with Crippen LogP contribution >= 0.6 is 0 Å². The van der Waals surface area contributed by atoms with E-state index in [9.17, 15) is 18.9 Å². The number of benzene rings is 2. The summed E-state index contributed by atoms with van der Waals surface area (Å²) in [6.07, 6.45) is 0.596. The summed E-state index contributed by atoms with van der Waals surface area (Å²) in [7, 11) is 1.45. The molecule has 0 atom stereocenters. The first-order valence-corrected chi connectivity index (χ1v) is 7.18. The third-order valence-electron chi connectivity index (χ3n) is 4.07. The van der Waals surface area contributed by atoms with E-state index in [1.807, 2.05) is 0 Å². The summed E-state index contributed by atoms with van der Waals surface area (Å²) in [6.45, 7) is 0.960. The highest BCUT2D eigenvalue weighted by Crippen LogP contribution is 2.35. The monoisotopic (exact) mass is 319 g/mol. The molecule has 0 spiro atoms. The summed E-state index contributed by atoms with van der Waals surface area (Å²) in [5.74, 6) is -0.927. The van der Waals surface area contributed by atoms with Gasteiger partial charge >= 0.3 is 0 Å². The van der Waals surface area contributed by atoms with Gasteiger partial charge in [-0.3, -0.25) is 10.1 Å². The number of halogens is 2. The van der Waals surface area contributed by atoms with Gasteiger partial charge in [0.25, 0.3) is 5.69 Å². The van der Waals surface area contributed by atoms with Crippen molar-refractivity contribution in [2.45, 2.75) is 13.0 Å². The molecule has 0 saturated carbocycles. The van der Waals surface area contributed by atoms with Crippen molar-refractivity contribution in [1.82, 2.24) is 0 Å². The lowest BCUT2D eigenvalue weighted by Crippen LogP contribution is -2.31. The maximum Gasteiger partial charge on any atom is 0.295 e. The van der Waals surface area contributed by atoms with Gasteiger partial charge < -0.3 is 10.2 Å². The quantitative estimate of drug-likeness (QED) is 0.695. The predicted octanol–water partition coefficient (Wildman–Crippen LogP) is 3.48. The Hall–Kier alpha value is -2.70. The third-order valence-corrected chi connectivity index (χ3v) is 4.07. The fourth-order valence-electron chi connectivity index (χ4n) is 2.92. The average molecular weight is 319 g/mol. The van der Waals surface area contributed by atoms with Crippen molar-refractivity contribution in [3.63, 3.8) is 0 Å². The van der Waals surface area contributed by atoms with Gasteiger partial charge in [-0.2, -0.15) is 0 Å². The van der Waals surface area contributed by atoms with Gasteiger partial charge in [-0.15, -0.1) is 0 Å². The van der Waals surface area contributed by atoms with E-state index >= 15 is 0 Å². The van der Waals surface area contributed by atoms with Crippen LogP contribution in [0.2, 0.25) is 0 Å². The molecule has 0 amide bonds. The maximum absolute atomic E-state index is 14.6. The number of nitro benzene ring substituents is 1. The first kappa shape index (κ1) is 15.2. The molecule has 1 aliphatic rings. The second kappa shape index (κ2) is 5.83. The van der Waals surface area contributed by atoms with Crippen LogP contribution in [0, 0.1) is 21.7 Å². The minimum Gasteiger partial charge on any atom is -0.380 e. The van der Waals surface area contributed by atoms with Crippen LogP contribution in [0.3, 0.4) is 0 Å². The zero-order valence-corrected chi connectivity index (χ0v) is 12.5. The second-order valence-corrected chi connectivity index (χ2v) is 5.38. The molecule has 5 nitrogen and oxygen atoms in total. The van der Waals surface area contributed by atoms with E-state index in [1.54, 1.807) is 11.0 Å². The Morgan fingerprint density at radius 3 is 2.70 bits per heavy atom. The molecule has 7 heteroatoms. The molecule has 0 fully saturated rings. The van der Waals surface area contributed by atoms with Crippen molar-refractivity contribution in [2.75, 3.05) is 23.8 Å². The maximum atomic E-state index is 14.6. The van der Waals surface area contributed by atoms with Crippen LogP contribution in [0.4, 0.5) is 25.8 Å². The summed E-state index contributed by atoms with van der Waals surface area (Å²) in [5.41, 5.74) is 1.72. The zero-order chi connectivity index (χ0) is 16.6. The lowest BCUT2D eigenvalue weighted by Gasteiger charge is -2.31. The molecule has 1 N–H and O–H groups in total. The number of nitro groups is 1. The number of nitrogens with one attached hydrogen (secondary N) is 1. The van der Waals surface area contributed by atoms with Gasteiger partial charge in [0, 0.05) is 26.2 Å². The molecule has 2 aromatic carbocycles. The van der Waals surface area contributed by atoms with Crippen LogP contribution in [0.5, 0.6) is 0 Å². The Morgan fingerprint density at radius 1 is 1.22 bits per heavy atom. The van der Waals surface area contributed by atoms with E-state index in [0.717, 1.165) is 11.1 Å². The molecule has 1 heterocycles.